The third kappa shape index (κ3) is 2.75. The zero-order chi connectivity index (χ0) is 17.6. The Morgan fingerprint density at radius 1 is 0.880 bits per heavy atom. The number of fused-ring (bicyclic) bond motifs is 1. The van der Waals surface area contributed by atoms with Gasteiger partial charge in [0.2, 0.25) is 11.4 Å². The number of benzene rings is 2. The second-order valence-corrected chi connectivity index (χ2v) is 7.69. The van der Waals surface area contributed by atoms with Gasteiger partial charge in [-0.2, -0.15) is 4.57 Å². The molecule has 2 heterocycles. The summed E-state index contributed by atoms with van der Waals surface area (Å²) in [5, 5.41) is 4.69. The van der Waals surface area contributed by atoms with Crippen molar-refractivity contribution in [3.05, 3.63) is 76.9 Å². The molecule has 124 valence electrons. The van der Waals surface area contributed by atoms with E-state index in [2.05, 4.69) is 96.5 Å². The van der Waals surface area contributed by atoms with Gasteiger partial charge in [-0.3, -0.25) is 0 Å². The second kappa shape index (κ2) is 6.08. The van der Waals surface area contributed by atoms with Crippen LogP contribution in [0.25, 0.3) is 27.7 Å². The second-order valence-electron chi connectivity index (χ2n) is 6.66. The number of aromatic nitrogens is 2. The van der Waals surface area contributed by atoms with Gasteiger partial charge >= 0.3 is 0 Å². The van der Waals surface area contributed by atoms with E-state index in [4.69, 9.17) is 0 Å². The maximum absolute atomic E-state index is 2.32. The molecule has 0 atom stereocenters. The standard InChI is InChI=1S/C22H22N2S/c1-15-11-20(21-9-10-25-23(21)4)17(3)22(12-15)24-14-19-8-6-5-7-18(19)13-16(24)2/h5-14H,1-4H3/q+2. The number of rotatable bonds is 2. The first-order chi connectivity index (χ1) is 12.0. The van der Waals surface area contributed by atoms with Crippen molar-refractivity contribution >= 4 is 22.3 Å². The number of aryl methyl sites for hydroxylation is 3. The molecule has 0 N–H and O–H groups in total. The molecule has 0 aliphatic rings. The van der Waals surface area contributed by atoms with Crippen LogP contribution in [-0.2, 0) is 7.05 Å². The Bertz CT molecular complexity index is 1090. The summed E-state index contributed by atoms with van der Waals surface area (Å²) in [5.74, 6) is 0. The SMILES string of the molecule is Cc1cc(-c2ccs[n+]2C)c(C)c(-[n+]2cc3ccccc3cc2C)c1. The fraction of sp³-hybridized carbons (Fsp3) is 0.182. The van der Waals surface area contributed by atoms with E-state index in [0.717, 1.165) is 0 Å². The van der Waals surface area contributed by atoms with Gasteiger partial charge in [0, 0.05) is 36.1 Å². The van der Waals surface area contributed by atoms with E-state index in [1.165, 1.54) is 44.5 Å². The van der Waals surface area contributed by atoms with Crippen molar-refractivity contribution in [3.8, 4) is 16.9 Å². The maximum Gasteiger partial charge on any atom is 0.227 e. The summed E-state index contributed by atoms with van der Waals surface area (Å²) in [4.78, 5) is 0. The van der Waals surface area contributed by atoms with E-state index in [9.17, 15) is 0 Å². The van der Waals surface area contributed by atoms with Gasteiger partial charge in [-0.05, 0) is 36.9 Å². The smallest absolute Gasteiger partial charge is 0.164 e. The first-order valence-electron chi connectivity index (χ1n) is 8.51. The highest BCUT2D eigenvalue weighted by molar-refractivity contribution is 6.99. The van der Waals surface area contributed by atoms with Crippen molar-refractivity contribution in [2.45, 2.75) is 20.8 Å². The predicted molar refractivity (Wildman–Crippen MR) is 104 cm³/mol. The van der Waals surface area contributed by atoms with Crippen molar-refractivity contribution in [2.24, 2.45) is 7.05 Å². The Labute approximate surface area is 152 Å². The Hall–Kier alpha value is -2.52. The highest BCUT2D eigenvalue weighted by Gasteiger charge is 2.22. The molecule has 0 aliphatic heterocycles. The van der Waals surface area contributed by atoms with Gasteiger partial charge in [0.25, 0.3) is 0 Å². The molecule has 25 heavy (non-hydrogen) atoms. The third-order valence-electron chi connectivity index (χ3n) is 4.85. The summed E-state index contributed by atoms with van der Waals surface area (Å²) in [7, 11) is 2.12. The summed E-state index contributed by atoms with van der Waals surface area (Å²) in [6.45, 7) is 6.58. The van der Waals surface area contributed by atoms with E-state index >= 15 is 0 Å². The van der Waals surface area contributed by atoms with Crippen LogP contribution in [0.4, 0.5) is 0 Å². The summed E-state index contributed by atoms with van der Waals surface area (Å²) in [6.07, 6.45) is 2.25. The molecule has 0 aliphatic carbocycles. The van der Waals surface area contributed by atoms with E-state index in [1.807, 2.05) is 0 Å². The lowest BCUT2D eigenvalue weighted by atomic mass is 9.99. The summed E-state index contributed by atoms with van der Waals surface area (Å²) >= 11 is 1.73. The topological polar surface area (TPSA) is 7.76 Å². The normalized spacial score (nSPS) is 11.2. The van der Waals surface area contributed by atoms with Gasteiger partial charge in [-0.25, -0.2) is 0 Å². The van der Waals surface area contributed by atoms with Gasteiger partial charge in [-0.1, -0.05) is 18.2 Å². The molecule has 0 spiro atoms. The quantitative estimate of drug-likeness (QED) is 0.469. The van der Waals surface area contributed by atoms with Crippen LogP contribution < -0.4 is 8.52 Å². The van der Waals surface area contributed by atoms with Crippen LogP contribution >= 0.6 is 11.5 Å². The molecule has 0 saturated carbocycles. The van der Waals surface area contributed by atoms with Crippen LogP contribution in [0.3, 0.4) is 0 Å². The summed E-state index contributed by atoms with van der Waals surface area (Å²) < 4.78 is 4.55. The average Bonchev–Trinajstić information content (AvgIpc) is 3.02. The van der Waals surface area contributed by atoms with Crippen molar-refractivity contribution < 1.29 is 8.52 Å². The molecule has 2 aromatic carbocycles. The third-order valence-corrected chi connectivity index (χ3v) is 5.62. The minimum Gasteiger partial charge on any atom is -0.164 e. The highest BCUT2D eigenvalue weighted by atomic mass is 32.1. The Kier molecular flexibility index (Phi) is 3.89. The Morgan fingerprint density at radius 3 is 2.36 bits per heavy atom. The van der Waals surface area contributed by atoms with Crippen molar-refractivity contribution in [2.75, 3.05) is 0 Å². The predicted octanol–water partition coefficient (Wildman–Crippen LogP) is 4.59. The molecule has 0 amide bonds. The molecule has 0 radical (unpaired) electrons. The molecule has 0 bridgehead atoms. The Balaban J connectivity index is 1.99. The van der Waals surface area contributed by atoms with Crippen molar-refractivity contribution in [1.29, 1.82) is 0 Å². The zero-order valence-corrected chi connectivity index (χ0v) is 15.9. The first kappa shape index (κ1) is 16.0. The fourth-order valence-corrected chi connectivity index (χ4v) is 4.16. The summed E-state index contributed by atoms with van der Waals surface area (Å²) in [6, 6.07) is 17.6. The molecular formula is C22H22N2S+2. The molecule has 3 heteroatoms. The highest BCUT2D eigenvalue weighted by Crippen LogP contribution is 2.27. The number of nitrogens with zero attached hydrogens (tertiary/aromatic N) is 2. The van der Waals surface area contributed by atoms with Crippen molar-refractivity contribution in [1.82, 2.24) is 0 Å². The molecular weight excluding hydrogens is 324 g/mol. The van der Waals surface area contributed by atoms with Crippen LogP contribution in [0.15, 0.2) is 60.1 Å². The minimum atomic E-state index is 1.24. The zero-order valence-electron chi connectivity index (χ0n) is 15.1. The lowest BCUT2D eigenvalue weighted by molar-refractivity contribution is -0.601. The van der Waals surface area contributed by atoms with Crippen LogP contribution in [-0.4, -0.2) is 0 Å². The molecule has 4 rings (SSSR count). The van der Waals surface area contributed by atoms with Gasteiger partial charge in [0.05, 0.1) is 10.9 Å². The maximum atomic E-state index is 2.32. The fourth-order valence-electron chi connectivity index (χ4n) is 3.52. The molecule has 4 aromatic rings. The van der Waals surface area contributed by atoms with E-state index < -0.39 is 0 Å². The number of pyridine rings is 1. The Morgan fingerprint density at radius 2 is 1.64 bits per heavy atom. The molecule has 0 unspecified atom stereocenters. The van der Waals surface area contributed by atoms with Crippen LogP contribution in [0.5, 0.6) is 0 Å². The van der Waals surface area contributed by atoms with E-state index in [0.29, 0.717) is 0 Å². The number of hydrogen-bond donors (Lipinski definition) is 0. The lowest BCUT2D eigenvalue weighted by Crippen LogP contribution is -2.35. The van der Waals surface area contributed by atoms with E-state index in [1.54, 1.807) is 11.5 Å². The molecule has 0 fully saturated rings. The van der Waals surface area contributed by atoms with Gasteiger partial charge in [-0.15, -0.1) is 3.96 Å². The molecule has 0 saturated heterocycles. The van der Waals surface area contributed by atoms with Crippen LogP contribution in [0.2, 0.25) is 0 Å². The molecule has 2 nitrogen and oxygen atoms in total. The monoisotopic (exact) mass is 346 g/mol. The van der Waals surface area contributed by atoms with Gasteiger partial charge < -0.3 is 0 Å². The molecule has 2 aromatic heterocycles. The van der Waals surface area contributed by atoms with E-state index in [-0.39, 0.29) is 0 Å². The van der Waals surface area contributed by atoms with Crippen molar-refractivity contribution in [3.63, 3.8) is 0 Å². The largest absolute Gasteiger partial charge is 0.227 e. The van der Waals surface area contributed by atoms with Gasteiger partial charge in [0.15, 0.2) is 18.9 Å². The van der Waals surface area contributed by atoms with Gasteiger partial charge in [0.1, 0.15) is 11.5 Å². The van der Waals surface area contributed by atoms with Crippen LogP contribution in [0.1, 0.15) is 16.8 Å². The van der Waals surface area contributed by atoms with Crippen LogP contribution in [0, 0.1) is 20.8 Å². The first-order valence-corrected chi connectivity index (χ1v) is 9.35. The average molecular weight is 346 g/mol. The lowest BCUT2D eigenvalue weighted by Gasteiger charge is -2.09. The minimum absolute atomic E-state index is 1.24. The number of hydrogen-bond acceptors (Lipinski definition) is 1. The summed E-state index contributed by atoms with van der Waals surface area (Å²) in [5.41, 5.74) is 7.66.